The highest BCUT2D eigenvalue weighted by Crippen LogP contribution is 2.24. The molecule has 0 spiro atoms. The Hall–Kier alpha value is -1.80. The van der Waals surface area contributed by atoms with Crippen molar-refractivity contribution >= 4 is 19.4 Å². The van der Waals surface area contributed by atoms with Crippen LogP contribution in [-0.4, -0.2) is 9.04 Å². The van der Waals surface area contributed by atoms with Crippen LogP contribution in [-0.2, 0) is 4.43 Å². The van der Waals surface area contributed by atoms with Gasteiger partial charge in [-0.2, -0.15) is 0 Å². The van der Waals surface area contributed by atoms with Gasteiger partial charge >= 0.3 is 9.04 Å². The highest BCUT2D eigenvalue weighted by molar-refractivity contribution is 6.80. The van der Waals surface area contributed by atoms with E-state index in [0.717, 1.165) is 5.76 Å². The highest BCUT2D eigenvalue weighted by atomic mass is 28.3. The fraction of sp³-hybridized carbons (Fsp3) is 0.222. The molecule has 0 saturated carbocycles. The van der Waals surface area contributed by atoms with E-state index >= 15 is 0 Å². The molecule has 0 bridgehead atoms. The first kappa shape index (κ1) is 14.6. The summed E-state index contributed by atoms with van der Waals surface area (Å²) in [4.78, 5) is 0. The number of benzene rings is 2. The molecule has 2 rings (SSSR count). The Labute approximate surface area is 123 Å². The third kappa shape index (κ3) is 3.61. The fourth-order valence-corrected chi connectivity index (χ4v) is 3.85. The van der Waals surface area contributed by atoms with Crippen molar-refractivity contribution < 1.29 is 4.43 Å². The number of hydrogen-bond donors (Lipinski definition) is 0. The predicted molar refractivity (Wildman–Crippen MR) is 87.6 cm³/mol. The van der Waals surface area contributed by atoms with Gasteiger partial charge < -0.3 is 4.43 Å². The van der Waals surface area contributed by atoms with Crippen LogP contribution >= 0.6 is 0 Å². The van der Waals surface area contributed by atoms with Crippen LogP contribution in [0, 0.1) is 5.41 Å². The lowest BCUT2D eigenvalue weighted by atomic mass is 9.95. The van der Waals surface area contributed by atoms with E-state index in [1.807, 2.05) is 12.1 Å². The maximum absolute atomic E-state index is 6.29. The zero-order chi connectivity index (χ0) is 14.6. The summed E-state index contributed by atoms with van der Waals surface area (Å²) in [6.07, 6.45) is 0. The van der Waals surface area contributed by atoms with Gasteiger partial charge in [0.1, 0.15) is 0 Å². The second-order valence-corrected chi connectivity index (χ2v) is 7.85. The van der Waals surface area contributed by atoms with Crippen molar-refractivity contribution in [2.75, 3.05) is 0 Å². The SMILES string of the molecule is C=C(O[Si](c1ccccc1)c1ccccc1)C(C)(C)C. The molecule has 2 heteroatoms. The maximum atomic E-state index is 6.29. The van der Waals surface area contributed by atoms with E-state index < -0.39 is 9.04 Å². The first-order valence-corrected chi connectivity index (χ1v) is 8.24. The summed E-state index contributed by atoms with van der Waals surface area (Å²) in [6.45, 7) is 10.5. The minimum Gasteiger partial charge on any atom is -0.536 e. The average molecular weight is 281 g/mol. The van der Waals surface area contributed by atoms with Gasteiger partial charge in [0.25, 0.3) is 0 Å². The lowest BCUT2D eigenvalue weighted by Gasteiger charge is -2.27. The van der Waals surface area contributed by atoms with Gasteiger partial charge in [-0.05, 0) is 10.4 Å². The summed E-state index contributed by atoms with van der Waals surface area (Å²) in [5.74, 6) is 0.846. The minimum atomic E-state index is -1.28. The molecule has 0 amide bonds. The van der Waals surface area contributed by atoms with Crippen LogP contribution < -0.4 is 10.4 Å². The van der Waals surface area contributed by atoms with Crippen molar-refractivity contribution in [2.24, 2.45) is 5.41 Å². The largest absolute Gasteiger partial charge is 0.536 e. The molecule has 0 aromatic heterocycles. The Morgan fingerprint density at radius 2 is 1.25 bits per heavy atom. The quantitative estimate of drug-likeness (QED) is 0.617. The van der Waals surface area contributed by atoms with E-state index in [2.05, 4.69) is 75.9 Å². The van der Waals surface area contributed by atoms with E-state index in [9.17, 15) is 0 Å². The zero-order valence-corrected chi connectivity index (χ0v) is 13.4. The van der Waals surface area contributed by atoms with Crippen molar-refractivity contribution in [1.29, 1.82) is 0 Å². The summed E-state index contributed by atoms with van der Waals surface area (Å²) in [7, 11) is -1.28. The van der Waals surface area contributed by atoms with Crippen LogP contribution in [0.4, 0.5) is 0 Å². The Bertz CT molecular complexity index is 515. The van der Waals surface area contributed by atoms with E-state index in [1.165, 1.54) is 10.4 Å². The monoisotopic (exact) mass is 281 g/mol. The topological polar surface area (TPSA) is 9.23 Å². The van der Waals surface area contributed by atoms with Gasteiger partial charge in [-0.3, -0.25) is 0 Å². The molecule has 103 valence electrons. The molecule has 0 aliphatic rings. The van der Waals surface area contributed by atoms with Gasteiger partial charge in [0.15, 0.2) is 0 Å². The fourth-order valence-electron chi connectivity index (χ4n) is 1.74. The molecule has 0 atom stereocenters. The van der Waals surface area contributed by atoms with Crippen LogP contribution in [0.25, 0.3) is 0 Å². The molecule has 0 aliphatic heterocycles. The van der Waals surface area contributed by atoms with Crippen LogP contribution in [0.2, 0.25) is 0 Å². The number of rotatable bonds is 4. The minimum absolute atomic E-state index is 0.0422. The van der Waals surface area contributed by atoms with Gasteiger partial charge in [-0.15, -0.1) is 0 Å². The first-order chi connectivity index (χ1) is 9.48. The standard InChI is InChI=1S/C18H21OSi/c1-15(18(2,3)4)19-20(16-11-7-5-8-12-16)17-13-9-6-10-14-17/h5-14H,1H2,2-4H3. The summed E-state index contributed by atoms with van der Waals surface area (Å²) >= 11 is 0. The van der Waals surface area contributed by atoms with E-state index in [0.29, 0.717) is 0 Å². The van der Waals surface area contributed by atoms with Gasteiger partial charge in [-0.1, -0.05) is 88.0 Å². The summed E-state index contributed by atoms with van der Waals surface area (Å²) in [5, 5.41) is 2.49. The Morgan fingerprint density at radius 1 is 0.850 bits per heavy atom. The molecule has 0 saturated heterocycles. The van der Waals surface area contributed by atoms with E-state index in [4.69, 9.17) is 4.43 Å². The van der Waals surface area contributed by atoms with Gasteiger partial charge in [0.2, 0.25) is 0 Å². The van der Waals surface area contributed by atoms with Crippen molar-refractivity contribution in [3.63, 3.8) is 0 Å². The van der Waals surface area contributed by atoms with Crippen molar-refractivity contribution in [2.45, 2.75) is 20.8 Å². The van der Waals surface area contributed by atoms with Crippen molar-refractivity contribution in [3.8, 4) is 0 Å². The molecular weight excluding hydrogens is 260 g/mol. The van der Waals surface area contributed by atoms with Crippen LogP contribution in [0.5, 0.6) is 0 Å². The molecule has 1 nitrogen and oxygen atoms in total. The lowest BCUT2D eigenvalue weighted by Crippen LogP contribution is -2.45. The van der Waals surface area contributed by atoms with Crippen LogP contribution in [0.1, 0.15) is 20.8 Å². The third-order valence-corrected chi connectivity index (χ3v) is 5.30. The Kier molecular flexibility index (Phi) is 4.45. The molecule has 1 radical (unpaired) electrons. The van der Waals surface area contributed by atoms with Gasteiger partial charge in [0.05, 0.1) is 5.76 Å². The molecule has 20 heavy (non-hydrogen) atoms. The van der Waals surface area contributed by atoms with Gasteiger partial charge in [0, 0.05) is 5.41 Å². The maximum Gasteiger partial charge on any atom is 0.352 e. The molecule has 0 N–H and O–H groups in total. The first-order valence-electron chi connectivity index (χ1n) is 6.83. The Balaban J connectivity index is 2.34. The van der Waals surface area contributed by atoms with Crippen molar-refractivity contribution in [1.82, 2.24) is 0 Å². The molecule has 0 aliphatic carbocycles. The normalized spacial score (nSPS) is 11.4. The molecule has 2 aromatic carbocycles. The van der Waals surface area contributed by atoms with E-state index in [-0.39, 0.29) is 5.41 Å². The van der Waals surface area contributed by atoms with Crippen LogP contribution in [0.15, 0.2) is 73.0 Å². The smallest absolute Gasteiger partial charge is 0.352 e. The molecule has 2 aromatic rings. The summed E-state index contributed by atoms with van der Waals surface area (Å²) < 4.78 is 6.29. The second-order valence-electron chi connectivity index (χ2n) is 5.84. The summed E-state index contributed by atoms with van der Waals surface area (Å²) in [6, 6.07) is 20.9. The third-order valence-electron chi connectivity index (χ3n) is 3.13. The molecular formula is C18H21OSi. The number of hydrogen-bond acceptors (Lipinski definition) is 1. The van der Waals surface area contributed by atoms with E-state index in [1.54, 1.807) is 0 Å². The molecule has 0 fully saturated rings. The van der Waals surface area contributed by atoms with Crippen LogP contribution in [0.3, 0.4) is 0 Å². The average Bonchev–Trinajstić information content (AvgIpc) is 2.45. The Morgan fingerprint density at radius 3 is 1.60 bits per heavy atom. The van der Waals surface area contributed by atoms with Crippen molar-refractivity contribution in [3.05, 3.63) is 73.0 Å². The number of allylic oxidation sites excluding steroid dienone is 1. The summed E-state index contributed by atoms with van der Waals surface area (Å²) in [5.41, 5.74) is -0.0422. The molecule has 0 heterocycles. The second kappa shape index (κ2) is 6.10. The highest BCUT2D eigenvalue weighted by Gasteiger charge is 2.25. The van der Waals surface area contributed by atoms with Gasteiger partial charge in [-0.25, -0.2) is 0 Å². The molecule has 0 unspecified atom stereocenters. The zero-order valence-electron chi connectivity index (χ0n) is 12.4. The predicted octanol–water partition coefficient (Wildman–Crippen LogP) is 3.37. The lowest BCUT2D eigenvalue weighted by molar-refractivity contribution is 0.305.